The van der Waals surface area contributed by atoms with Crippen LogP contribution < -0.4 is 10.0 Å². The lowest BCUT2D eigenvalue weighted by atomic mass is 9.97. The number of halogens is 2. The zero-order valence-corrected chi connectivity index (χ0v) is 19.2. The van der Waals surface area contributed by atoms with Crippen molar-refractivity contribution in [3.63, 3.8) is 0 Å². The third kappa shape index (κ3) is 6.55. The molecule has 0 aliphatic rings. The molecule has 0 aliphatic carbocycles. The Labute approximate surface area is 197 Å². The van der Waals surface area contributed by atoms with E-state index in [0.717, 1.165) is 29.8 Å². The molecule has 3 rings (SSSR count). The Morgan fingerprint density at radius 1 is 0.912 bits per heavy atom. The Kier molecular flexibility index (Phi) is 8.25. The minimum Gasteiger partial charge on any atom is -0.342 e. The summed E-state index contributed by atoms with van der Waals surface area (Å²) in [5.41, 5.74) is 1.27. The predicted octanol–water partition coefficient (Wildman–Crippen LogP) is 3.42. The predicted molar refractivity (Wildman–Crippen MR) is 124 cm³/mol. The topological polar surface area (TPSA) is 92.3 Å². The summed E-state index contributed by atoms with van der Waals surface area (Å²) < 4.78 is 54.1. The molecule has 3 aromatic carbocycles. The molecule has 6 nitrogen and oxygen atoms in total. The lowest BCUT2D eigenvalue weighted by Gasteiger charge is -2.18. The van der Waals surface area contributed by atoms with Crippen LogP contribution in [0.15, 0.2) is 77.7 Å². The summed E-state index contributed by atoms with van der Waals surface area (Å²) in [7, 11) is -3.99. The number of carbonyl (C=O) groups is 2. The van der Waals surface area contributed by atoms with Gasteiger partial charge in [-0.15, -0.1) is 0 Å². The molecular weight excluding hydrogens is 462 g/mol. The van der Waals surface area contributed by atoms with Gasteiger partial charge in [-0.2, -0.15) is 0 Å². The van der Waals surface area contributed by atoms with Gasteiger partial charge in [0, 0.05) is 18.5 Å². The SMILES string of the molecule is CCNS(=O)(=O)c1ccc(CC(=O)[C@H](Cc2ccccc2)NC(=O)c2ccc(F)cc2)cc1F. The number of amides is 1. The highest BCUT2D eigenvalue weighted by molar-refractivity contribution is 7.89. The van der Waals surface area contributed by atoms with Crippen LogP contribution >= 0.6 is 0 Å². The monoisotopic (exact) mass is 486 g/mol. The Balaban J connectivity index is 1.81. The van der Waals surface area contributed by atoms with Gasteiger partial charge >= 0.3 is 0 Å². The smallest absolute Gasteiger partial charge is 0.251 e. The average molecular weight is 487 g/mol. The summed E-state index contributed by atoms with van der Waals surface area (Å²) in [5, 5.41) is 2.68. The molecule has 0 unspecified atom stereocenters. The Morgan fingerprint density at radius 3 is 2.21 bits per heavy atom. The van der Waals surface area contributed by atoms with Gasteiger partial charge in [-0.25, -0.2) is 21.9 Å². The molecule has 0 spiro atoms. The molecule has 1 atom stereocenters. The first-order valence-electron chi connectivity index (χ1n) is 10.6. The largest absolute Gasteiger partial charge is 0.342 e. The van der Waals surface area contributed by atoms with Crippen molar-refractivity contribution >= 4 is 21.7 Å². The molecule has 2 N–H and O–H groups in total. The summed E-state index contributed by atoms with van der Waals surface area (Å²) in [6.45, 7) is 1.69. The summed E-state index contributed by atoms with van der Waals surface area (Å²) in [6, 6.07) is 16.5. The summed E-state index contributed by atoms with van der Waals surface area (Å²) >= 11 is 0. The first-order chi connectivity index (χ1) is 16.2. The fourth-order valence-electron chi connectivity index (χ4n) is 3.40. The molecule has 0 bridgehead atoms. The van der Waals surface area contributed by atoms with Gasteiger partial charge in [-0.3, -0.25) is 9.59 Å². The van der Waals surface area contributed by atoms with Gasteiger partial charge in [-0.05, 0) is 53.9 Å². The second kappa shape index (κ2) is 11.1. The van der Waals surface area contributed by atoms with Gasteiger partial charge in [0.05, 0.1) is 6.04 Å². The zero-order valence-electron chi connectivity index (χ0n) is 18.4. The van der Waals surface area contributed by atoms with E-state index in [9.17, 15) is 26.8 Å². The van der Waals surface area contributed by atoms with E-state index in [1.54, 1.807) is 19.1 Å². The zero-order chi connectivity index (χ0) is 24.7. The van der Waals surface area contributed by atoms with E-state index >= 15 is 0 Å². The van der Waals surface area contributed by atoms with Crippen LogP contribution in [0.1, 0.15) is 28.4 Å². The van der Waals surface area contributed by atoms with Gasteiger partial charge in [0.15, 0.2) is 5.78 Å². The van der Waals surface area contributed by atoms with Crippen LogP contribution in [0.25, 0.3) is 0 Å². The van der Waals surface area contributed by atoms with Crippen LogP contribution in [0.5, 0.6) is 0 Å². The molecule has 0 aliphatic heterocycles. The summed E-state index contributed by atoms with van der Waals surface area (Å²) in [6.07, 6.45) is -0.0262. The number of sulfonamides is 1. The van der Waals surface area contributed by atoms with Crippen molar-refractivity contribution in [2.45, 2.75) is 30.7 Å². The highest BCUT2D eigenvalue weighted by Crippen LogP contribution is 2.17. The second-order valence-corrected chi connectivity index (χ2v) is 9.37. The maximum absolute atomic E-state index is 14.5. The van der Waals surface area contributed by atoms with Crippen molar-refractivity contribution in [2.75, 3.05) is 6.54 Å². The minimum atomic E-state index is -3.99. The minimum absolute atomic E-state index is 0.108. The van der Waals surface area contributed by atoms with Crippen LogP contribution in [-0.4, -0.2) is 32.7 Å². The number of hydrogen-bond acceptors (Lipinski definition) is 4. The van der Waals surface area contributed by atoms with Crippen LogP contribution in [0.4, 0.5) is 8.78 Å². The second-order valence-electron chi connectivity index (χ2n) is 7.63. The number of Topliss-reactive ketones (excluding diaryl/α,β-unsaturated/α-hetero) is 1. The molecule has 0 aromatic heterocycles. The highest BCUT2D eigenvalue weighted by Gasteiger charge is 2.24. The highest BCUT2D eigenvalue weighted by atomic mass is 32.2. The molecule has 3 aromatic rings. The van der Waals surface area contributed by atoms with E-state index in [2.05, 4.69) is 10.0 Å². The Bertz CT molecular complexity index is 1260. The number of benzene rings is 3. The van der Waals surface area contributed by atoms with Crippen LogP contribution in [0.2, 0.25) is 0 Å². The standard InChI is InChI=1S/C25H24F2N2O4S/c1-2-28-34(32,33)24-13-8-18(14-21(24)27)16-23(30)22(15-17-6-4-3-5-7-17)29-25(31)19-9-11-20(26)12-10-19/h3-14,22,28H,2,15-16H2,1H3,(H,29,31)/t22-/m0/s1. The molecule has 178 valence electrons. The summed E-state index contributed by atoms with van der Waals surface area (Å²) in [5.74, 6) is -2.40. The molecule has 0 saturated heterocycles. The van der Waals surface area contributed by atoms with Gasteiger partial charge in [0.1, 0.15) is 16.5 Å². The van der Waals surface area contributed by atoms with Crippen molar-refractivity contribution in [2.24, 2.45) is 0 Å². The van der Waals surface area contributed by atoms with Crippen LogP contribution in [-0.2, 0) is 27.7 Å². The fraction of sp³-hybridized carbons (Fsp3) is 0.200. The van der Waals surface area contributed by atoms with Crippen molar-refractivity contribution in [1.82, 2.24) is 10.0 Å². The van der Waals surface area contributed by atoms with Gasteiger partial charge < -0.3 is 5.32 Å². The first-order valence-corrected chi connectivity index (χ1v) is 12.1. The van der Waals surface area contributed by atoms with E-state index in [0.29, 0.717) is 0 Å². The molecule has 1 amide bonds. The molecule has 9 heteroatoms. The number of carbonyl (C=O) groups excluding carboxylic acids is 2. The molecule has 34 heavy (non-hydrogen) atoms. The number of hydrogen-bond donors (Lipinski definition) is 2. The fourth-order valence-corrected chi connectivity index (χ4v) is 4.50. The molecular formula is C25H24F2N2O4S. The third-order valence-corrected chi connectivity index (χ3v) is 6.66. The quantitative estimate of drug-likeness (QED) is 0.459. The van der Waals surface area contributed by atoms with E-state index in [-0.39, 0.29) is 36.3 Å². The lowest BCUT2D eigenvalue weighted by molar-refractivity contribution is -0.120. The van der Waals surface area contributed by atoms with Gasteiger partial charge in [0.25, 0.3) is 5.91 Å². The van der Waals surface area contributed by atoms with E-state index < -0.39 is 38.5 Å². The molecule has 0 saturated carbocycles. The first kappa shape index (κ1) is 25.2. The van der Waals surface area contributed by atoms with Gasteiger partial charge in [-0.1, -0.05) is 43.3 Å². The number of rotatable bonds is 10. The molecule has 0 radical (unpaired) electrons. The maximum Gasteiger partial charge on any atom is 0.251 e. The molecule has 0 fully saturated rings. The van der Waals surface area contributed by atoms with E-state index in [1.807, 2.05) is 18.2 Å². The van der Waals surface area contributed by atoms with Gasteiger partial charge in [0.2, 0.25) is 10.0 Å². The normalized spacial score (nSPS) is 12.2. The Hall–Kier alpha value is -3.43. The maximum atomic E-state index is 14.5. The van der Waals surface area contributed by atoms with E-state index in [4.69, 9.17) is 0 Å². The molecule has 0 heterocycles. The summed E-state index contributed by atoms with van der Waals surface area (Å²) in [4.78, 5) is 25.3. The average Bonchev–Trinajstić information content (AvgIpc) is 2.79. The Morgan fingerprint density at radius 2 is 1.59 bits per heavy atom. The van der Waals surface area contributed by atoms with E-state index in [1.165, 1.54) is 18.2 Å². The van der Waals surface area contributed by atoms with Crippen LogP contribution in [0, 0.1) is 11.6 Å². The van der Waals surface area contributed by atoms with Crippen molar-refractivity contribution in [1.29, 1.82) is 0 Å². The van der Waals surface area contributed by atoms with Crippen molar-refractivity contribution in [3.8, 4) is 0 Å². The van der Waals surface area contributed by atoms with Crippen molar-refractivity contribution < 1.29 is 26.8 Å². The van der Waals surface area contributed by atoms with Crippen molar-refractivity contribution in [3.05, 3.63) is 101 Å². The third-order valence-electron chi connectivity index (χ3n) is 5.08. The number of ketones is 1. The van der Waals surface area contributed by atoms with Crippen LogP contribution in [0.3, 0.4) is 0 Å². The lowest BCUT2D eigenvalue weighted by Crippen LogP contribution is -2.43. The number of nitrogens with one attached hydrogen (secondary N) is 2.